The maximum absolute atomic E-state index is 13.5. The summed E-state index contributed by atoms with van der Waals surface area (Å²) >= 11 is 0. The van der Waals surface area contributed by atoms with Gasteiger partial charge in [0, 0.05) is 25.0 Å². The Morgan fingerprint density at radius 1 is 1.50 bits per heavy atom. The monoisotopic (exact) mass is 248 g/mol. The zero-order valence-corrected chi connectivity index (χ0v) is 9.83. The molecule has 94 valence electrons. The van der Waals surface area contributed by atoms with E-state index in [1.165, 1.54) is 19.1 Å². The first-order valence-corrected chi connectivity index (χ1v) is 5.44. The van der Waals surface area contributed by atoms with Crippen LogP contribution in [0.3, 0.4) is 0 Å². The summed E-state index contributed by atoms with van der Waals surface area (Å²) in [5, 5.41) is 5.51. The summed E-state index contributed by atoms with van der Waals surface area (Å²) < 4.78 is 13.5. The second-order valence-corrected chi connectivity index (χ2v) is 3.77. The van der Waals surface area contributed by atoms with E-state index in [1.807, 2.05) is 0 Å². The molecule has 3 N–H and O–H groups in total. The minimum atomic E-state index is -0.379. The second-order valence-electron chi connectivity index (χ2n) is 3.77. The summed E-state index contributed by atoms with van der Waals surface area (Å²) in [6.07, 6.45) is 3.32. The number of H-pyrrole nitrogens is 1. The van der Waals surface area contributed by atoms with Gasteiger partial charge in [-0.3, -0.25) is 4.79 Å². The number of carbonyl (C=O) groups excluding carboxylic acids is 1. The SMILES string of the molecule is CC(=O)Nc1ccc(F)c(NCc2ncc[nH]2)c1. The minimum absolute atomic E-state index is 0.196. The van der Waals surface area contributed by atoms with E-state index in [-0.39, 0.29) is 11.7 Å². The number of nitrogens with zero attached hydrogens (tertiary/aromatic N) is 1. The van der Waals surface area contributed by atoms with Gasteiger partial charge in [0.25, 0.3) is 0 Å². The summed E-state index contributed by atoms with van der Waals surface area (Å²) in [7, 11) is 0. The highest BCUT2D eigenvalue weighted by Crippen LogP contribution is 2.20. The zero-order valence-electron chi connectivity index (χ0n) is 9.83. The van der Waals surface area contributed by atoms with Crippen LogP contribution < -0.4 is 10.6 Å². The Labute approximate surface area is 103 Å². The first-order chi connectivity index (χ1) is 8.65. The largest absolute Gasteiger partial charge is 0.375 e. The molecular weight excluding hydrogens is 235 g/mol. The van der Waals surface area contributed by atoms with Crippen LogP contribution in [0.15, 0.2) is 30.6 Å². The Morgan fingerprint density at radius 3 is 3.00 bits per heavy atom. The van der Waals surface area contributed by atoms with E-state index < -0.39 is 0 Å². The molecule has 0 fully saturated rings. The first-order valence-electron chi connectivity index (χ1n) is 5.44. The fourth-order valence-corrected chi connectivity index (χ4v) is 1.52. The molecule has 0 atom stereocenters. The number of anilines is 2. The molecule has 0 spiro atoms. The predicted molar refractivity (Wildman–Crippen MR) is 66.6 cm³/mol. The number of nitrogens with one attached hydrogen (secondary N) is 3. The molecule has 6 heteroatoms. The van der Waals surface area contributed by atoms with Crippen LogP contribution >= 0.6 is 0 Å². The molecular formula is C12H13FN4O. The van der Waals surface area contributed by atoms with Gasteiger partial charge in [0.2, 0.25) is 5.91 Å². The fourth-order valence-electron chi connectivity index (χ4n) is 1.52. The smallest absolute Gasteiger partial charge is 0.221 e. The number of rotatable bonds is 4. The Morgan fingerprint density at radius 2 is 2.33 bits per heavy atom. The topological polar surface area (TPSA) is 69.8 Å². The molecule has 2 rings (SSSR count). The molecule has 0 saturated heterocycles. The standard InChI is InChI=1S/C12H13FN4O/c1-8(18)17-9-2-3-10(13)11(6-9)16-7-12-14-4-5-15-12/h2-6,16H,7H2,1H3,(H,14,15)(H,17,18). The lowest BCUT2D eigenvalue weighted by molar-refractivity contribution is -0.114. The van der Waals surface area contributed by atoms with Crippen molar-refractivity contribution in [1.29, 1.82) is 0 Å². The van der Waals surface area contributed by atoms with Gasteiger partial charge in [-0.1, -0.05) is 0 Å². The number of imidazole rings is 1. The molecule has 18 heavy (non-hydrogen) atoms. The molecule has 0 aliphatic carbocycles. The second kappa shape index (κ2) is 5.31. The van der Waals surface area contributed by atoms with E-state index in [1.54, 1.807) is 18.5 Å². The Kier molecular flexibility index (Phi) is 3.57. The van der Waals surface area contributed by atoms with Gasteiger partial charge in [0.15, 0.2) is 0 Å². The Bertz CT molecular complexity index is 539. The molecule has 1 heterocycles. The molecule has 0 radical (unpaired) electrons. The van der Waals surface area contributed by atoms with Crippen molar-refractivity contribution in [2.45, 2.75) is 13.5 Å². The van der Waals surface area contributed by atoms with Gasteiger partial charge in [-0.15, -0.1) is 0 Å². The lowest BCUT2D eigenvalue weighted by Crippen LogP contribution is -2.07. The average Bonchev–Trinajstić information content (AvgIpc) is 2.82. The van der Waals surface area contributed by atoms with Crippen LogP contribution in [0.5, 0.6) is 0 Å². The minimum Gasteiger partial charge on any atom is -0.375 e. The predicted octanol–water partition coefficient (Wildman–Crippen LogP) is 2.12. The van der Waals surface area contributed by atoms with Crippen molar-refractivity contribution in [3.05, 3.63) is 42.2 Å². The van der Waals surface area contributed by atoms with Crippen molar-refractivity contribution in [3.8, 4) is 0 Å². The summed E-state index contributed by atoms with van der Waals surface area (Å²) in [5.41, 5.74) is 0.864. The van der Waals surface area contributed by atoms with Crippen molar-refractivity contribution in [3.63, 3.8) is 0 Å². The van der Waals surface area contributed by atoms with Gasteiger partial charge in [-0.05, 0) is 18.2 Å². The number of hydrogen-bond donors (Lipinski definition) is 3. The van der Waals surface area contributed by atoms with E-state index in [2.05, 4.69) is 20.6 Å². The molecule has 0 unspecified atom stereocenters. The van der Waals surface area contributed by atoms with Crippen LogP contribution in [0.25, 0.3) is 0 Å². The Hall–Kier alpha value is -2.37. The van der Waals surface area contributed by atoms with Crippen LogP contribution in [0.2, 0.25) is 0 Å². The van der Waals surface area contributed by atoms with E-state index in [0.717, 1.165) is 0 Å². The Balaban J connectivity index is 2.08. The van der Waals surface area contributed by atoms with Gasteiger partial charge in [0.1, 0.15) is 11.6 Å². The summed E-state index contributed by atoms with van der Waals surface area (Å²) in [5.74, 6) is 0.133. The van der Waals surface area contributed by atoms with Crippen LogP contribution in [0.1, 0.15) is 12.7 Å². The van der Waals surface area contributed by atoms with Crippen LogP contribution in [-0.4, -0.2) is 15.9 Å². The number of amides is 1. The average molecular weight is 248 g/mol. The summed E-state index contributed by atoms with van der Waals surface area (Å²) in [4.78, 5) is 17.8. The maximum atomic E-state index is 13.5. The first kappa shape index (κ1) is 12.1. The number of benzene rings is 1. The highest BCUT2D eigenvalue weighted by Gasteiger charge is 2.05. The third-order valence-corrected chi connectivity index (χ3v) is 2.29. The van der Waals surface area contributed by atoms with E-state index in [0.29, 0.717) is 23.7 Å². The van der Waals surface area contributed by atoms with Gasteiger partial charge in [-0.25, -0.2) is 9.37 Å². The molecule has 2 aromatic rings. The van der Waals surface area contributed by atoms with Gasteiger partial charge in [0.05, 0.1) is 12.2 Å². The van der Waals surface area contributed by atoms with Gasteiger partial charge < -0.3 is 15.6 Å². The molecule has 1 aromatic heterocycles. The van der Waals surface area contributed by atoms with Crippen molar-refractivity contribution in [2.75, 3.05) is 10.6 Å². The van der Waals surface area contributed by atoms with Crippen molar-refractivity contribution in [1.82, 2.24) is 9.97 Å². The lowest BCUT2D eigenvalue weighted by Gasteiger charge is -2.09. The number of carbonyl (C=O) groups is 1. The molecule has 0 bridgehead atoms. The third-order valence-electron chi connectivity index (χ3n) is 2.29. The maximum Gasteiger partial charge on any atom is 0.221 e. The third kappa shape index (κ3) is 3.07. The van der Waals surface area contributed by atoms with Crippen molar-refractivity contribution in [2.24, 2.45) is 0 Å². The summed E-state index contributed by atoms with van der Waals surface area (Å²) in [6.45, 7) is 1.78. The number of hydrogen-bond acceptors (Lipinski definition) is 3. The molecule has 5 nitrogen and oxygen atoms in total. The van der Waals surface area contributed by atoms with Crippen LogP contribution in [-0.2, 0) is 11.3 Å². The highest BCUT2D eigenvalue weighted by atomic mass is 19.1. The quantitative estimate of drug-likeness (QED) is 0.776. The fraction of sp³-hybridized carbons (Fsp3) is 0.167. The molecule has 1 amide bonds. The summed E-state index contributed by atoms with van der Waals surface area (Å²) in [6, 6.07) is 4.35. The number of halogens is 1. The lowest BCUT2D eigenvalue weighted by atomic mass is 10.2. The number of aromatic nitrogens is 2. The van der Waals surface area contributed by atoms with E-state index >= 15 is 0 Å². The van der Waals surface area contributed by atoms with Crippen molar-refractivity contribution < 1.29 is 9.18 Å². The van der Waals surface area contributed by atoms with Crippen LogP contribution in [0, 0.1) is 5.82 Å². The number of aromatic amines is 1. The van der Waals surface area contributed by atoms with Crippen LogP contribution in [0.4, 0.5) is 15.8 Å². The molecule has 0 aliphatic rings. The van der Waals surface area contributed by atoms with Crippen molar-refractivity contribution >= 4 is 17.3 Å². The highest BCUT2D eigenvalue weighted by molar-refractivity contribution is 5.89. The molecule has 1 aromatic carbocycles. The molecule has 0 aliphatic heterocycles. The van der Waals surface area contributed by atoms with Gasteiger partial charge >= 0.3 is 0 Å². The van der Waals surface area contributed by atoms with Gasteiger partial charge in [-0.2, -0.15) is 0 Å². The van der Waals surface area contributed by atoms with E-state index in [4.69, 9.17) is 0 Å². The van der Waals surface area contributed by atoms with E-state index in [9.17, 15) is 9.18 Å². The normalized spacial score (nSPS) is 10.1. The molecule has 0 saturated carbocycles. The zero-order chi connectivity index (χ0) is 13.0.